The van der Waals surface area contributed by atoms with E-state index in [-0.39, 0.29) is 17.3 Å². The molecule has 1 aliphatic heterocycles. The molecule has 1 aromatic carbocycles. The summed E-state index contributed by atoms with van der Waals surface area (Å²) in [6.07, 6.45) is 0.323. The monoisotopic (exact) mass is 341 g/mol. The van der Waals surface area contributed by atoms with Crippen LogP contribution in [0.2, 0.25) is 0 Å². The van der Waals surface area contributed by atoms with E-state index in [0.29, 0.717) is 16.5 Å². The zero-order valence-electron chi connectivity index (χ0n) is 10.0. The molecule has 100 valence electrons. The Morgan fingerprint density at radius 2 is 2.11 bits per heavy atom. The summed E-state index contributed by atoms with van der Waals surface area (Å²) in [5, 5.41) is 9.22. The number of benzene rings is 1. The van der Waals surface area contributed by atoms with Crippen molar-refractivity contribution >= 4 is 31.6 Å². The number of hydrogen-bond acceptors (Lipinski definition) is 4. The Labute approximate surface area is 120 Å². The molecule has 2 rings (SSSR count). The van der Waals surface area contributed by atoms with Gasteiger partial charge in [-0.3, -0.25) is 4.79 Å². The number of carbonyl (C=O) groups is 1. The highest BCUT2D eigenvalue weighted by Gasteiger charge is 2.37. The summed E-state index contributed by atoms with van der Waals surface area (Å²) >= 11 is 3.32. The highest BCUT2D eigenvalue weighted by molar-refractivity contribution is 9.10. The van der Waals surface area contributed by atoms with E-state index in [9.17, 15) is 18.5 Å². The molecule has 0 amide bonds. The molecule has 1 fully saturated rings. The maximum Gasteiger partial charge on any atom is 0.158 e. The van der Waals surface area contributed by atoms with Gasteiger partial charge >= 0.3 is 0 Å². The number of rotatable bonds is 3. The standard InChI is InChI=1S/C13H12BrNO3S/c14-12-4-2-1-3-10(12)11(7-15)13(16)9-5-6-19(17,18)8-9/h1-4,9,11H,5-6,8H2. The zero-order chi connectivity index (χ0) is 14.0. The van der Waals surface area contributed by atoms with Crippen LogP contribution in [0.3, 0.4) is 0 Å². The van der Waals surface area contributed by atoms with Gasteiger partial charge in [0.15, 0.2) is 15.6 Å². The maximum atomic E-state index is 12.3. The van der Waals surface area contributed by atoms with Crippen LogP contribution in [0.25, 0.3) is 0 Å². The van der Waals surface area contributed by atoms with Gasteiger partial charge in [-0.1, -0.05) is 34.1 Å². The molecule has 0 radical (unpaired) electrons. The van der Waals surface area contributed by atoms with Crippen molar-refractivity contribution in [1.82, 2.24) is 0 Å². The number of carbonyl (C=O) groups excluding carboxylic acids is 1. The van der Waals surface area contributed by atoms with Gasteiger partial charge in [-0.25, -0.2) is 8.42 Å². The second kappa shape index (κ2) is 5.43. The van der Waals surface area contributed by atoms with Crippen LogP contribution in [0.15, 0.2) is 28.7 Å². The molecular weight excluding hydrogens is 330 g/mol. The van der Waals surface area contributed by atoms with Gasteiger partial charge in [0.2, 0.25) is 0 Å². The van der Waals surface area contributed by atoms with Crippen LogP contribution in [0.5, 0.6) is 0 Å². The first-order valence-corrected chi connectivity index (χ1v) is 8.44. The van der Waals surface area contributed by atoms with Gasteiger partial charge in [-0.2, -0.15) is 5.26 Å². The molecule has 0 spiro atoms. The summed E-state index contributed by atoms with van der Waals surface area (Å²) in [5.74, 6) is -1.85. The van der Waals surface area contributed by atoms with Gasteiger partial charge in [0.1, 0.15) is 5.92 Å². The summed E-state index contributed by atoms with van der Waals surface area (Å²) in [4.78, 5) is 12.3. The molecule has 1 heterocycles. The van der Waals surface area contributed by atoms with Crippen molar-refractivity contribution in [3.63, 3.8) is 0 Å². The van der Waals surface area contributed by atoms with E-state index in [2.05, 4.69) is 15.9 Å². The first-order valence-electron chi connectivity index (χ1n) is 5.83. The molecule has 1 aromatic rings. The lowest BCUT2D eigenvalue weighted by Crippen LogP contribution is -2.22. The van der Waals surface area contributed by atoms with E-state index in [1.807, 2.05) is 6.07 Å². The molecular formula is C13H12BrNO3S. The lowest BCUT2D eigenvalue weighted by Gasteiger charge is -2.14. The second-order valence-corrected chi connectivity index (χ2v) is 7.67. The molecule has 1 aliphatic rings. The van der Waals surface area contributed by atoms with Crippen LogP contribution < -0.4 is 0 Å². The third kappa shape index (κ3) is 3.04. The topological polar surface area (TPSA) is 75.0 Å². The summed E-state index contributed by atoms with van der Waals surface area (Å²) < 4.78 is 23.5. The van der Waals surface area contributed by atoms with E-state index >= 15 is 0 Å². The SMILES string of the molecule is N#CC(C(=O)C1CCS(=O)(=O)C1)c1ccccc1Br. The summed E-state index contributed by atoms with van der Waals surface area (Å²) in [5.41, 5.74) is 0.597. The van der Waals surface area contributed by atoms with Gasteiger partial charge in [-0.15, -0.1) is 0 Å². The number of nitrogens with zero attached hydrogens (tertiary/aromatic N) is 1. The maximum absolute atomic E-state index is 12.3. The predicted molar refractivity (Wildman–Crippen MR) is 74.3 cm³/mol. The van der Waals surface area contributed by atoms with E-state index in [0.717, 1.165) is 0 Å². The molecule has 0 aliphatic carbocycles. The van der Waals surface area contributed by atoms with E-state index in [1.165, 1.54) is 0 Å². The number of sulfone groups is 1. The fourth-order valence-electron chi connectivity index (χ4n) is 2.25. The molecule has 19 heavy (non-hydrogen) atoms. The molecule has 4 nitrogen and oxygen atoms in total. The van der Waals surface area contributed by atoms with Gasteiger partial charge in [0, 0.05) is 10.4 Å². The third-order valence-corrected chi connectivity index (χ3v) is 5.75. The number of halogens is 1. The molecule has 0 bridgehead atoms. The third-order valence-electron chi connectivity index (χ3n) is 3.26. The van der Waals surface area contributed by atoms with Crippen molar-refractivity contribution in [3.8, 4) is 6.07 Å². The number of hydrogen-bond donors (Lipinski definition) is 0. The molecule has 0 aromatic heterocycles. The molecule has 2 atom stereocenters. The lowest BCUT2D eigenvalue weighted by atomic mass is 9.88. The highest BCUT2D eigenvalue weighted by Crippen LogP contribution is 2.30. The highest BCUT2D eigenvalue weighted by atomic mass is 79.9. The van der Waals surface area contributed by atoms with Crippen LogP contribution in [0, 0.1) is 17.2 Å². The van der Waals surface area contributed by atoms with Crippen LogP contribution >= 0.6 is 15.9 Å². The van der Waals surface area contributed by atoms with Crippen molar-refractivity contribution in [3.05, 3.63) is 34.3 Å². The Kier molecular flexibility index (Phi) is 4.07. The van der Waals surface area contributed by atoms with Gasteiger partial charge in [-0.05, 0) is 18.1 Å². The first kappa shape index (κ1) is 14.2. The van der Waals surface area contributed by atoms with E-state index < -0.39 is 21.7 Å². The van der Waals surface area contributed by atoms with Crippen molar-refractivity contribution in [1.29, 1.82) is 5.26 Å². The Bertz CT molecular complexity index is 648. The number of nitriles is 1. The van der Waals surface area contributed by atoms with Crippen LogP contribution in [0.4, 0.5) is 0 Å². The fourth-order valence-corrected chi connectivity index (χ4v) is 4.52. The van der Waals surface area contributed by atoms with Crippen molar-refractivity contribution < 1.29 is 13.2 Å². The molecule has 1 saturated heterocycles. The average Bonchev–Trinajstić information content (AvgIpc) is 2.73. The summed E-state index contributed by atoms with van der Waals surface area (Å²) in [7, 11) is -3.12. The minimum absolute atomic E-state index is 0.0392. The van der Waals surface area contributed by atoms with Crippen molar-refractivity contribution in [2.45, 2.75) is 12.3 Å². The quantitative estimate of drug-likeness (QED) is 0.843. The van der Waals surface area contributed by atoms with E-state index in [1.54, 1.807) is 24.3 Å². The minimum atomic E-state index is -3.12. The van der Waals surface area contributed by atoms with Crippen molar-refractivity contribution in [2.75, 3.05) is 11.5 Å². The minimum Gasteiger partial charge on any atom is -0.297 e. The molecule has 2 unspecified atom stereocenters. The Morgan fingerprint density at radius 1 is 1.42 bits per heavy atom. The summed E-state index contributed by atoms with van der Waals surface area (Å²) in [6, 6.07) is 9.01. The normalized spacial score (nSPS) is 22.6. The predicted octanol–water partition coefficient (Wildman–Crippen LogP) is 2.06. The average molecular weight is 342 g/mol. The largest absolute Gasteiger partial charge is 0.297 e. The number of Topliss-reactive ketones (excluding diaryl/α,β-unsaturated/α-hetero) is 1. The van der Waals surface area contributed by atoms with Gasteiger partial charge in [0.05, 0.1) is 17.6 Å². The summed E-state index contributed by atoms with van der Waals surface area (Å²) in [6.45, 7) is 0. The smallest absolute Gasteiger partial charge is 0.158 e. The Morgan fingerprint density at radius 3 is 2.63 bits per heavy atom. The first-order chi connectivity index (χ1) is 8.94. The molecule has 0 saturated carbocycles. The number of ketones is 1. The van der Waals surface area contributed by atoms with Gasteiger partial charge in [0.25, 0.3) is 0 Å². The molecule has 6 heteroatoms. The zero-order valence-corrected chi connectivity index (χ0v) is 12.4. The van der Waals surface area contributed by atoms with E-state index in [4.69, 9.17) is 0 Å². The Hall–Kier alpha value is -1.19. The van der Waals surface area contributed by atoms with Crippen LogP contribution in [0.1, 0.15) is 17.9 Å². The van der Waals surface area contributed by atoms with Crippen molar-refractivity contribution in [2.24, 2.45) is 5.92 Å². The lowest BCUT2D eigenvalue weighted by molar-refractivity contribution is -0.122. The van der Waals surface area contributed by atoms with Crippen LogP contribution in [-0.4, -0.2) is 25.7 Å². The molecule has 0 N–H and O–H groups in total. The van der Waals surface area contributed by atoms with Crippen LogP contribution in [-0.2, 0) is 14.6 Å². The second-order valence-electron chi connectivity index (χ2n) is 4.59. The van der Waals surface area contributed by atoms with Gasteiger partial charge < -0.3 is 0 Å². The fraction of sp³-hybridized carbons (Fsp3) is 0.385. The Balaban J connectivity index is 2.27.